The maximum absolute atomic E-state index is 12.4. The molecule has 1 aliphatic heterocycles. The molecule has 0 radical (unpaired) electrons. The highest BCUT2D eigenvalue weighted by Gasteiger charge is 2.46. The van der Waals surface area contributed by atoms with Gasteiger partial charge < -0.3 is 10.2 Å². The predicted molar refractivity (Wildman–Crippen MR) is 69.9 cm³/mol. The van der Waals surface area contributed by atoms with E-state index in [2.05, 4.69) is 5.32 Å². The molecule has 0 aromatic heterocycles. The second-order valence-electron chi connectivity index (χ2n) is 6.67. The maximum Gasteiger partial charge on any atom is 0.245 e. The summed E-state index contributed by atoms with van der Waals surface area (Å²) in [4.78, 5) is 26.5. The number of rotatable bonds is 3. The van der Waals surface area contributed by atoms with Gasteiger partial charge in [0.05, 0.1) is 0 Å². The SMILES string of the molecule is CCC1NC(=O)C(C(C)(C)C)N(CC2CC2)C1=O. The van der Waals surface area contributed by atoms with Crippen LogP contribution in [0.1, 0.15) is 47.0 Å². The van der Waals surface area contributed by atoms with Gasteiger partial charge in [-0.2, -0.15) is 0 Å². The lowest BCUT2D eigenvalue weighted by atomic mass is 9.82. The third-order valence-electron chi connectivity index (χ3n) is 3.84. The second kappa shape index (κ2) is 4.56. The molecule has 2 amide bonds. The van der Waals surface area contributed by atoms with Crippen molar-refractivity contribution >= 4 is 11.8 Å². The molecule has 18 heavy (non-hydrogen) atoms. The lowest BCUT2D eigenvalue weighted by Crippen LogP contribution is -2.66. The summed E-state index contributed by atoms with van der Waals surface area (Å²) >= 11 is 0. The van der Waals surface area contributed by atoms with Crippen molar-refractivity contribution in [1.82, 2.24) is 10.2 Å². The fourth-order valence-corrected chi connectivity index (χ4v) is 2.69. The molecule has 2 aliphatic rings. The fourth-order valence-electron chi connectivity index (χ4n) is 2.69. The van der Waals surface area contributed by atoms with Crippen molar-refractivity contribution in [2.24, 2.45) is 11.3 Å². The van der Waals surface area contributed by atoms with E-state index in [1.807, 2.05) is 32.6 Å². The average Bonchev–Trinajstić information content (AvgIpc) is 3.04. The lowest BCUT2D eigenvalue weighted by molar-refractivity contribution is -0.154. The predicted octanol–water partition coefficient (Wildman–Crippen LogP) is 1.55. The lowest BCUT2D eigenvalue weighted by Gasteiger charge is -2.44. The van der Waals surface area contributed by atoms with Crippen LogP contribution >= 0.6 is 0 Å². The smallest absolute Gasteiger partial charge is 0.245 e. The Balaban J connectivity index is 2.24. The summed E-state index contributed by atoms with van der Waals surface area (Å²) in [5, 5.41) is 2.87. The summed E-state index contributed by atoms with van der Waals surface area (Å²) < 4.78 is 0. The van der Waals surface area contributed by atoms with Gasteiger partial charge >= 0.3 is 0 Å². The number of carbonyl (C=O) groups is 2. The maximum atomic E-state index is 12.4. The molecule has 4 heteroatoms. The molecule has 0 spiro atoms. The van der Waals surface area contributed by atoms with Gasteiger partial charge in [-0.1, -0.05) is 27.7 Å². The Kier molecular flexibility index (Phi) is 3.39. The summed E-state index contributed by atoms with van der Waals surface area (Å²) in [5.74, 6) is 0.723. The monoisotopic (exact) mass is 252 g/mol. The average molecular weight is 252 g/mol. The molecule has 1 saturated carbocycles. The molecule has 4 nitrogen and oxygen atoms in total. The Hall–Kier alpha value is -1.06. The Morgan fingerprint density at radius 3 is 2.33 bits per heavy atom. The molecular weight excluding hydrogens is 228 g/mol. The molecule has 0 bridgehead atoms. The summed E-state index contributed by atoms with van der Waals surface area (Å²) in [6.45, 7) is 8.77. The molecule has 1 N–H and O–H groups in total. The first-order valence-electron chi connectivity index (χ1n) is 6.95. The van der Waals surface area contributed by atoms with Crippen LogP contribution in [-0.2, 0) is 9.59 Å². The molecule has 0 aromatic carbocycles. The zero-order chi connectivity index (χ0) is 13.5. The highest BCUT2D eigenvalue weighted by molar-refractivity contribution is 5.97. The van der Waals surface area contributed by atoms with Crippen molar-refractivity contribution < 1.29 is 9.59 Å². The fraction of sp³-hybridized carbons (Fsp3) is 0.857. The minimum absolute atomic E-state index is 0.00889. The summed E-state index contributed by atoms with van der Waals surface area (Å²) in [6, 6.07) is -0.650. The Labute approximate surface area is 109 Å². The van der Waals surface area contributed by atoms with Gasteiger partial charge in [0, 0.05) is 6.54 Å². The highest BCUT2D eigenvalue weighted by Crippen LogP contribution is 2.35. The van der Waals surface area contributed by atoms with Gasteiger partial charge in [-0.25, -0.2) is 0 Å². The second-order valence-corrected chi connectivity index (χ2v) is 6.67. The standard InChI is InChI=1S/C14H24N2O2/c1-5-10-13(18)16(8-9-6-7-9)11(12(17)15-10)14(2,3)4/h9-11H,5-8H2,1-4H3,(H,15,17). The van der Waals surface area contributed by atoms with E-state index in [1.54, 1.807) is 0 Å². The largest absolute Gasteiger partial charge is 0.342 e. The van der Waals surface area contributed by atoms with Gasteiger partial charge in [-0.3, -0.25) is 9.59 Å². The molecule has 2 fully saturated rings. The van der Waals surface area contributed by atoms with Crippen LogP contribution in [0.3, 0.4) is 0 Å². The van der Waals surface area contributed by atoms with E-state index in [4.69, 9.17) is 0 Å². The van der Waals surface area contributed by atoms with E-state index in [0.717, 1.165) is 6.54 Å². The van der Waals surface area contributed by atoms with Gasteiger partial charge in [0.25, 0.3) is 0 Å². The van der Waals surface area contributed by atoms with Crippen molar-refractivity contribution in [2.45, 2.75) is 59.0 Å². The minimum Gasteiger partial charge on any atom is -0.342 e. The number of nitrogens with zero attached hydrogens (tertiary/aromatic N) is 1. The van der Waals surface area contributed by atoms with E-state index in [1.165, 1.54) is 12.8 Å². The van der Waals surface area contributed by atoms with Crippen LogP contribution in [-0.4, -0.2) is 35.3 Å². The van der Waals surface area contributed by atoms with Gasteiger partial charge in [-0.15, -0.1) is 0 Å². The van der Waals surface area contributed by atoms with Crippen LogP contribution in [0.5, 0.6) is 0 Å². The Morgan fingerprint density at radius 1 is 1.28 bits per heavy atom. The Bertz CT molecular complexity index is 355. The molecule has 1 aliphatic carbocycles. The van der Waals surface area contributed by atoms with Gasteiger partial charge in [-0.05, 0) is 30.6 Å². The number of hydrogen-bond acceptors (Lipinski definition) is 2. The van der Waals surface area contributed by atoms with Crippen molar-refractivity contribution in [3.63, 3.8) is 0 Å². The van der Waals surface area contributed by atoms with Crippen molar-refractivity contribution in [2.75, 3.05) is 6.54 Å². The normalized spacial score (nSPS) is 29.4. The molecular formula is C14H24N2O2. The first-order chi connectivity index (χ1) is 8.34. The minimum atomic E-state index is -0.326. The van der Waals surface area contributed by atoms with Crippen molar-refractivity contribution in [3.8, 4) is 0 Å². The molecule has 0 aromatic rings. The molecule has 2 unspecified atom stereocenters. The summed E-state index contributed by atoms with van der Waals surface area (Å²) in [6.07, 6.45) is 3.06. The van der Waals surface area contributed by atoms with Crippen molar-refractivity contribution in [1.29, 1.82) is 0 Å². The number of carbonyl (C=O) groups excluding carboxylic acids is 2. The van der Waals surface area contributed by atoms with Gasteiger partial charge in [0.15, 0.2) is 0 Å². The van der Waals surface area contributed by atoms with Crippen LogP contribution in [0, 0.1) is 11.3 Å². The molecule has 2 atom stereocenters. The van der Waals surface area contributed by atoms with Crippen LogP contribution in [0.15, 0.2) is 0 Å². The van der Waals surface area contributed by atoms with Crippen LogP contribution in [0.25, 0.3) is 0 Å². The molecule has 1 heterocycles. The summed E-state index contributed by atoms with van der Waals surface area (Å²) in [5.41, 5.74) is -0.215. The Morgan fingerprint density at radius 2 is 1.89 bits per heavy atom. The van der Waals surface area contributed by atoms with E-state index in [-0.39, 0.29) is 29.3 Å². The first-order valence-corrected chi connectivity index (χ1v) is 6.95. The summed E-state index contributed by atoms with van der Waals surface area (Å²) in [7, 11) is 0. The number of nitrogens with one attached hydrogen (secondary N) is 1. The number of hydrogen-bond donors (Lipinski definition) is 1. The van der Waals surface area contributed by atoms with Gasteiger partial charge in [0.2, 0.25) is 11.8 Å². The highest BCUT2D eigenvalue weighted by atomic mass is 16.2. The van der Waals surface area contributed by atoms with Crippen LogP contribution < -0.4 is 5.32 Å². The van der Waals surface area contributed by atoms with Gasteiger partial charge in [0.1, 0.15) is 12.1 Å². The van der Waals surface area contributed by atoms with Crippen LogP contribution in [0.2, 0.25) is 0 Å². The topological polar surface area (TPSA) is 49.4 Å². The molecule has 1 saturated heterocycles. The zero-order valence-corrected chi connectivity index (χ0v) is 11.8. The van der Waals surface area contributed by atoms with E-state index in [0.29, 0.717) is 12.3 Å². The van der Waals surface area contributed by atoms with E-state index >= 15 is 0 Å². The van der Waals surface area contributed by atoms with E-state index < -0.39 is 0 Å². The zero-order valence-electron chi connectivity index (χ0n) is 11.8. The quantitative estimate of drug-likeness (QED) is 0.828. The van der Waals surface area contributed by atoms with E-state index in [9.17, 15) is 9.59 Å². The van der Waals surface area contributed by atoms with Crippen molar-refractivity contribution in [3.05, 3.63) is 0 Å². The third-order valence-corrected chi connectivity index (χ3v) is 3.84. The molecule has 2 rings (SSSR count). The third kappa shape index (κ3) is 2.52. The number of amides is 2. The van der Waals surface area contributed by atoms with Crippen LogP contribution in [0.4, 0.5) is 0 Å². The molecule has 102 valence electrons. The number of piperazine rings is 1. The first kappa shape index (κ1) is 13.4.